The lowest BCUT2D eigenvalue weighted by molar-refractivity contribution is 0.118. The summed E-state index contributed by atoms with van der Waals surface area (Å²) >= 11 is 3.10. The van der Waals surface area contributed by atoms with Gasteiger partial charge in [-0.25, -0.2) is 17.9 Å². The third kappa shape index (κ3) is 4.93. The molecule has 2 rings (SSSR count). The number of hydrogen-bond donors (Lipinski definition) is 1. The van der Waals surface area contributed by atoms with Crippen LogP contribution in [0.1, 0.15) is 32.1 Å². The molecule has 0 bridgehead atoms. The van der Waals surface area contributed by atoms with E-state index >= 15 is 0 Å². The quantitative estimate of drug-likeness (QED) is 0.853. The average molecular weight is 380 g/mol. The van der Waals surface area contributed by atoms with E-state index in [2.05, 4.69) is 15.9 Å². The van der Waals surface area contributed by atoms with Crippen molar-refractivity contribution in [3.05, 3.63) is 28.5 Å². The molecule has 21 heavy (non-hydrogen) atoms. The van der Waals surface area contributed by atoms with Crippen molar-refractivity contribution in [2.24, 2.45) is 10.6 Å². The van der Waals surface area contributed by atoms with E-state index in [9.17, 15) is 12.8 Å². The summed E-state index contributed by atoms with van der Waals surface area (Å²) in [7, 11) is -3.55. The molecule has 1 aliphatic carbocycles. The Kier molecular flexibility index (Phi) is 5.27. The van der Waals surface area contributed by atoms with Crippen molar-refractivity contribution < 1.29 is 17.5 Å². The smallest absolute Gasteiger partial charge is 0.209 e. The van der Waals surface area contributed by atoms with Crippen molar-refractivity contribution in [1.29, 1.82) is 0 Å². The maximum Gasteiger partial charge on any atom is 0.209 e. The lowest BCUT2D eigenvalue weighted by atomic mass is 9.76. The van der Waals surface area contributed by atoms with Crippen molar-refractivity contribution in [2.75, 3.05) is 12.4 Å². The molecule has 1 aromatic rings. The zero-order valence-corrected chi connectivity index (χ0v) is 14.1. The van der Waals surface area contributed by atoms with Crippen molar-refractivity contribution in [1.82, 2.24) is 0 Å². The van der Waals surface area contributed by atoms with Crippen LogP contribution in [0.25, 0.3) is 0 Å². The van der Waals surface area contributed by atoms with Crippen molar-refractivity contribution in [2.45, 2.75) is 32.1 Å². The third-order valence-electron chi connectivity index (χ3n) is 3.86. The van der Waals surface area contributed by atoms with Gasteiger partial charge in [0.2, 0.25) is 10.0 Å². The Morgan fingerprint density at radius 2 is 1.95 bits per heavy atom. The van der Waals surface area contributed by atoms with Crippen LogP contribution in [0.4, 0.5) is 4.39 Å². The van der Waals surface area contributed by atoms with Crippen LogP contribution in [0.15, 0.2) is 22.7 Å². The zero-order chi connectivity index (χ0) is 15.5. The molecule has 0 aromatic heterocycles. The van der Waals surface area contributed by atoms with Gasteiger partial charge in [0.1, 0.15) is 11.6 Å². The molecule has 0 saturated heterocycles. The Morgan fingerprint density at radius 1 is 1.29 bits per heavy atom. The number of benzene rings is 1. The van der Waals surface area contributed by atoms with E-state index in [0.717, 1.165) is 32.1 Å². The minimum Gasteiger partial charge on any atom is -0.493 e. The number of sulfonamides is 1. The summed E-state index contributed by atoms with van der Waals surface area (Å²) in [5, 5.41) is 5.22. The van der Waals surface area contributed by atoms with Gasteiger partial charge in [0.15, 0.2) is 0 Å². The Balaban J connectivity index is 2.10. The summed E-state index contributed by atoms with van der Waals surface area (Å²) in [6.07, 6.45) is 4.63. The van der Waals surface area contributed by atoms with Gasteiger partial charge in [0.25, 0.3) is 0 Å². The molecule has 1 fully saturated rings. The first-order valence-electron chi connectivity index (χ1n) is 6.88. The van der Waals surface area contributed by atoms with Gasteiger partial charge in [0.05, 0.1) is 16.8 Å². The fourth-order valence-electron chi connectivity index (χ4n) is 2.86. The second kappa shape index (κ2) is 6.62. The van der Waals surface area contributed by atoms with E-state index in [1.807, 2.05) is 0 Å². The van der Waals surface area contributed by atoms with Gasteiger partial charge in [-0.1, -0.05) is 19.3 Å². The van der Waals surface area contributed by atoms with Crippen molar-refractivity contribution in [3.63, 3.8) is 0 Å². The molecule has 7 heteroatoms. The molecule has 0 spiro atoms. The third-order valence-corrected chi connectivity index (χ3v) is 5.48. The molecule has 0 aliphatic heterocycles. The summed E-state index contributed by atoms with van der Waals surface area (Å²) < 4.78 is 42.2. The van der Waals surface area contributed by atoms with Crippen LogP contribution < -0.4 is 9.88 Å². The van der Waals surface area contributed by atoms with Gasteiger partial charge in [0, 0.05) is 5.41 Å². The molecule has 1 aliphatic rings. The SMILES string of the molecule is NS(=O)(=O)CC1(COc2ccc(F)c(Br)c2)CCCCC1. The molecular formula is C14H19BrFNO3S. The molecule has 0 atom stereocenters. The summed E-state index contributed by atoms with van der Waals surface area (Å²) in [4.78, 5) is 0. The number of primary sulfonamides is 1. The number of nitrogens with two attached hydrogens (primary N) is 1. The molecule has 118 valence electrons. The Labute approximate surface area is 133 Å². The van der Waals surface area contributed by atoms with Crippen LogP contribution in [0.2, 0.25) is 0 Å². The summed E-state index contributed by atoms with van der Waals surface area (Å²) in [5.74, 6) is 0.0874. The predicted molar refractivity (Wildman–Crippen MR) is 83.1 cm³/mol. The molecule has 2 N–H and O–H groups in total. The topological polar surface area (TPSA) is 69.4 Å². The van der Waals surface area contributed by atoms with Gasteiger partial charge in [-0.15, -0.1) is 0 Å². The monoisotopic (exact) mass is 379 g/mol. The van der Waals surface area contributed by atoms with Crippen LogP contribution in [-0.4, -0.2) is 20.8 Å². The molecule has 1 saturated carbocycles. The van der Waals surface area contributed by atoms with E-state index in [1.165, 1.54) is 12.1 Å². The normalized spacial score (nSPS) is 18.4. The van der Waals surface area contributed by atoms with E-state index < -0.39 is 15.4 Å². The number of hydrogen-bond acceptors (Lipinski definition) is 3. The van der Waals surface area contributed by atoms with Crippen molar-refractivity contribution >= 4 is 26.0 Å². The minimum absolute atomic E-state index is 0.0671. The van der Waals surface area contributed by atoms with E-state index in [-0.39, 0.29) is 18.2 Å². The van der Waals surface area contributed by atoms with Gasteiger partial charge < -0.3 is 4.74 Å². The molecule has 0 amide bonds. The lowest BCUT2D eigenvalue weighted by Gasteiger charge is -2.36. The summed E-state index contributed by atoms with van der Waals surface area (Å²) in [6, 6.07) is 4.39. The Hall–Kier alpha value is -0.660. The highest BCUT2D eigenvalue weighted by Gasteiger charge is 2.36. The fraction of sp³-hybridized carbons (Fsp3) is 0.571. The molecule has 0 unspecified atom stereocenters. The molecule has 0 radical (unpaired) electrons. The molecule has 0 heterocycles. The maximum absolute atomic E-state index is 13.2. The highest BCUT2D eigenvalue weighted by molar-refractivity contribution is 9.10. The maximum atomic E-state index is 13.2. The van der Waals surface area contributed by atoms with Gasteiger partial charge in [-0.2, -0.15) is 0 Å². The first kappa shape index (κ1) is 16.7. The van der Waals surface area contributed by atoms with Crippen LogP contribution in [0, 0.1) is 11.2 Å². The van der Waals surface area contributed by atoms with Gasteiger partial charge in [-0.3, -0.25) is 0 Å². The highest BCUT2D eigenvalue weighted by Crippen LogP contribution is 2.38. The second-order valence-electron chi connectivity index (χ2n) is 5.73. The van der Waals surface area contributed by atoms with Gasteiger partial charge in [-0.05, 0) is 47.0 Å². The largest absolute Gasteiger partial charge is 0.493 e. The van der Waals surface area contributed by atoms with E-state index in [1.54, 1.807) is 6.07 Å². The van der Waals surface area contributed by atoms with Crippen LogP contribution >= 0.6 is 15.9 Å². The second-order valence-corrected chi connectivity index (χ2v) is 8.20. The fourth-order valence-corrected chi connectivity index (χ4v) is 4.45. The molecule has 4 nitrogen and oxygen atoms in total. The number of rotatable bonds is 5. The van der Waals surface area contributed by atoms with Gasteiger partial charge >= 0.3 is 0 Å². The first-order valence-corrected chi connectivity index (χ1v) is 9.39. The van der Waals surface area contributed by atoms with Crippen molar-refractivity contribution in [3.8, 4) is 5.75 Å². The predicted octanol–water partition coefficient (Wildman–Crippen LogP) is 3.21. The van der Waals surface area contributed by atoms with E-state index in [0.29, 0.717) is 10.2 Å². The Morgan fingerprint density at radius 3 is 2.52 bits per heavy atom. The summed E-state index contributed by atoms with van der Waals surface area (Å²) in [5.41, 5.74) is -0.438. The first-order chi connectivity index (χ1) is 9.80. The minimum atomic E-state index is -3.55. The van der Waals surface area contributed by atoms with Crippen LogP contribution in [0.5, 0.6) is 5.75 Å². The van der Waals surface area contributed by atoms with Crippen LogP contribution in [-0.2, 0) is 10.0 Å². The number of halogens is 2. The summed E-state index contributed by atoms with van der Waals surface area (Å²) in [6.45, 7) is 0.279. The lowest BCUT2D eigenvalue weighted by Crippen LogP contribution is -2.40. The standard InChI is InChI=1S/C14H19BrFNO3S/c15-12-8-11(4-5-13(12)16)20-9-14(10-21(17,18)19)6-2-1-3-7-14/h4-5,8H,1-3,6-7,9-10H2,(H2,17,18,19). The number of ether oxygens (including phenoxy) is 1. The highest BCUT2D eigenvalue weighted by atomic mass is 79.9. The average Bonchev–Trinajstić information content (AvgIpc) is 2.39. The van der Waals surface area contributed by atoms with E-state index in [4.69, 9.17) is 9.88 Å². The molecule has 1 aromatic carbocycles. The Bertz CT molecular complexity index is 600. The zero-order valence-electron chi connectivity index (χ0n) is 11.6. The molecular weight excluding hydrogens is 361 g/mol. The van der Waals surface area contributed by atoms with Crippen LogP contribution in [0.3, 0.4) is 0 Å².